The molecule has 0 fully saturated rings. The van der Waals surface area contributed by atoms with Crippen molar-refractivity contribution in [3.8, 4) is 0 Å². The molecular formula is C9H13NS2. The zero-order valence-corrected chi connectivity index (χ0v) is 8.81. The molecule has 0 radical (unpaired) electrons. The topological polar surface area (TPSA) is 12.9 Å². The summed E-state index contributed by atoms with van der Waals surface area (Å²) in [6.07, 6.45) is 5.58. The van der Waals surface area contributed by atoms with E-state index in [1.807, 2.05) is 18.2 Å². The molecule has 0 aliphatic heterocycles. The Labute approximate surface area is 84.6 Å². The van der Waals surface area contributed by atoms with Crippen LogP contribution in [0.25, 0.3) is 0 Å². The Morgan fingerprint density at radius 3 is 2.00 bits per heavy atom. The van der Waals surface area contributed by atoms with Gasteiger partial charge in [-0.1, -0.05) is 31.6 Å². The van der Waals surface area contributed by atoms with Crippen LogP contribution in [-0.2, 0) is 0 Å². The highest BCUT2D eigenvalue weighted by molar-refractivity contribution is 8.11. The van der Waals surface area contributed by atoms with E-state index >= 15 is 0 Å². The van der Waals surface area contributed by atoms with Crippen molar-refractivity contribution >= 4 is 29.0 Å². The van der Waals surface area contributed by atoms with Gasteiger partial charge in [0, 0.05) is 16.6 Å². The van der Waals surface area contributed by atoms with E-state index in [9.17, 15) is 0 Å². The number of aromatic nitrogens is 1. The third kappa shape index (κ3) is 9.59. The lowest BCUT2D eigenvalue weighted by Crippen LogP contribution is -1.75. The lowest BCUT2D eigenvalue weighted by atomic mass is 10.4. The monoisotopic (exact) mass is 199 g/mol. The molecule has 3 heteroatoms. The van der Waals surface area contributed by atoms with Gasteiger partial charge in [-0.05, 0) is 18.6 Å². The smallest absolute Gasteiger partial charge is 0.0447 e. The van der Waals surface area contributed by atoms with Gasteiger partial charge in [0.1, 0.15) is 0 Å². The van der Waals surface area contributed by atoms with Crippen molar-refractivity contribution < 1.29 is 0 Å². The zero-order valence-electron chi connectivity index (χ0n) is 7.10. The second kappa shape index (κ2) is 8.68. The van der Waals surface area contributed by atoms with Crippen molar-refractivity contribution in [2.24, 2.45) is 0 Å². The minimum absolute atomic E-state index is 0.817. The van der Waals surface area contributed by atoms with Gasteiger partial charge in [0.15, 0.2) is 0 Å². The Kier molecular flexibility index (Phi) is 8.39. The highest BCUT2D eigenvalue weighted by Gasteiger charge is 1.80. The van der Waals surface area contributed by atoms with Crippen LogP contribution in [0.1, 0.15) is 19.8 Å². The molecule has 0 saturated heterocycles. The molecule has 1 nitrogen and oxygen atoms in total. The van der Waals surface area contributed by atoms with E-state index in [1.54, 1.807) is 12.4 Å². The highest BCUT2D eigenvalue weighted by atomic mass is 32.1. The van der Waals surface area contributed by atoms with E-state index in [0.717, 1.165) is 17.0 Å². The summed E-state index contributed by atoms with van der Waals surface area (Å²) in [7, 11) is 0. The lowest BCUT2D eigenvalue weighted by Gasteiger charge is -1.83. The van der Waals surface area contributed by atoms with Crippen LogP contribution in [0.2, 0.25) is 0 Å². The molecule has 66 valence electrons. The molecule has 0 bridgehead atoms. The molecule has 0 unspecified atom stereocenters. The SMILES string of the molecule is CCCC(=S)S.c1ccncc1. The fraction of sp³-hybridized carbons (Fsp3) is 0.333. The first-order valence-electron chi connectivity index (χ1n) is 3.84. The number of thiol groups is 1. The predicted molar refractivity (Wildman–Crippen MR) is 60.7 cm³/mol. The molecule has 0 amide bonds. The number of pyridine rings is 1. The summed E-state index contributed by atoms with van der Waals surface area (Å²) < 4.78 is 0.817. The third-order valence-corrected chi connectivity index (χ3v) is 1.46. The van der Waals surface area contributed by atoms with Crippen LogP contribution in [0, 0.1) is 0 Å². The minimum Gasteiger partial charge on any atom is -0.265 e. The molecular weight excluding hydrogens is 186 g/mol. The van der Waals surface area contributed by atoms with Crippen molar-refractivity contribution in [1.82, 2.24) is 4.98 Å². The summed E-state index contributed by atoms with van der Waals surface area (Å²) in [6, 6.07) is 5.72. The molecule has 0 aromatic carbocycles. The highest BCUT2D eigenvalue weighted by Crippen LogP contribution is 1.93. The van der Waals surface area contributed by atoms with E-state index in [1.165, 1.54) is 0 Å². The van der Waals surface area contributed by atoms with Crippen molar-refractivity contribution in [2.45, 2.75) is 19.8 Å². The van der Waals surface area contributed by atoms with Crippen LogP contribution < -0.4 is 0 Å². The van der Waals surface area contributed by atoms with Crippen LogP contribution in [0.15, 0.2) is 30.6 Å². The number of hydrogen-bond acceptors (Lipinski definition) is 2. The van der Waals surface area contributed by atoms with Crippen LogP contribution in [0.5, 0.6) is 0 Å². The number of nitrogens with zero attached hydrogens (tertiary/aromatic N) is 1. The molecule has 1 rings (SSSR count). The zero-order chi connectivity index (χ0) is 9.23. The fourth-order valence-electron chi connectivity index (χ4n) is 0.526. The Hall–Kier alpha value is -0.410. The van der Waals surface area contributed by atoms with Gasteiger partial charge in [0.05, 0.1) is 0 Å². The van der Waals surface area contributed by atoms with Crippen LogP contribution in [0.3, 0.4) is 0 Å². The second-order valence-corrected chi connectivity index (χ2v) is 3.50. The van der Waals surface area contributed by atoms with Gasteiger partial charge >= 0.3 is 0 Å². The predicted octanol–water partition coefficient (Wildman–Crippen LogP) is 3.13. The molecule has 1 aromatic heterocycles. The van der Waals surface area contributed by atoms with Crippen molar-refractivity contribution in [3.05, 3.63) is 30.6 Å². The summed E-state index contributed by atoms with van der Waals surface area (Å²) in [5, 5.41) is 0. The number of thiocarbonyl (C=S) groups is 1. The van der Waals surface area contributed by atoms with Gasteiger partial charge in [0.2, 0.25) is 0 Å². The number of hydrogen-bond donors (Lipinski definition) is 1. The van der Waals surface area contributed by atoms with E-state index < -0.39 is 0 Å². The average Bonchev–Trinajstić information content (AvgIpc) is 2.08. The molecule has 0 N–H and O–H groups in total. The Morgan fingerprint density at radius 1 is 1.33 bits per heavy atom. The first-order valence-corrected chi connectivity index (χ1v) is 4.69. The van der Waals surface area contributed by atoms with Gasteiger partial charge < -0.3 is 0 Å². The minimum atomic E-state index is 0.817. The normalized spacial score (nSPS) is 8.17. The van der Waals surface area contributed by atoms with E-state index in [4.69, 9.17) is 0 Å². The molecule has 0 spiro atoms. The summed E-state index contributed by atoms with van der Waals surface area (Å²) in [5.41, 5.74) is 0. The van der Waals surface area contributed by atoms with Crippen molar-refractivity contribution in [2.75, 3.05) is 0 Å². The van der Waals surface area contributed by atoms with E-state index in [-0.39, 0.29) is 0 Å². The first kappa shape index (κ1) is 11.6. The van der Waals surface area contributed by atoms with Gasteiger partial charge in [-0.2, -0.15) is 0 Å². The maximum Gasteiger partial charge on any atom is 0.0447 e. The molecule has 0 aliphatic carbocycles. The third-order valence-electron chi connectivity index (χ3n) is 1.03. The molecule has 0 saturated carbocycles. The Balaban J connectivity index is 0.000000202. The maximum absolute atomic E-state index is 4.66. The van der Waals surface area contributed by atoms with Crippen LogP contribution >= 0.6 is 24.8 Å². The molecule has 1 heterocycles. The van der Waals surface area contributed by atoms with Gasteiger partial charge in [0.25, 0.3) is 0 Å². The molecule has 0 aliphatic rings. The van der Waals surface area contributed by atoms with Crippen LogP contribution in [0.4, 0.5) is 0 Å². The van der Waals surface area contributed by atoms with Gasteiger partial charge in [-0.15, -0.1) is 12.6 Å². The lowest BCUT2D eigenvalue weighted by molar-refractivity contribution is 1.01. The fourth-order valence-corrected chi connectivity index (χ4v) is 0.954. The quantitative estimate of drug-likeness (QED) is 0.580. The van der Waals surface area contributed by atoms with Gasteiger partial charge in [-0.3, -0.25) is 4.98 Å². The molecule has 12 heavy (non-hydrogen) atoms. The van der Waals surface area contributed by atoms with E-state index in [0.29, 0.717) is 0 Å². The Morgan fingerprint density at radius 2 is 1.92 bits per heavy atom. The van der Waals surface area contributed by atoms with Crippen molar-refractivity contribution in [3.63, 3.8) is 0 Å². The van der Waals surface area contributed by atoms with Crippen LogP contribution in [-0.4, -0.2) is 9.18 Å². The maximum atomic E-state index is 4.66. The first-order chi connectivity index (χ1) is 5.77. The Bertz CT molecular complexity index is 172. The summed E-state index contributed by atoms with van der Waals surface area (Å²) in [6.45, 7) is 2.09. The molecule has 1 aromatic rings. The van der Waals surface area contributed by atoms with E-state index in [2.05, 4.69) is 36.8 Å². The van der Waals surface area contributed by atoms with Crippen molar-refractivity contribution in [1.29, 1.82) is 0 Å². The molecule has 0 atom stereocenters. The van der Waals surface area contributed by atoms with Gasteiger partial charge in [-0.25, -0.2) is 0 Å². The average molecular weight is 199 g/mol. The number of rotatable bonds is 2. The second-order valence-electron chi connectivity index (χ2n) is 2.17. The largest absolute Gasteiger partial charge is 0.265 e. The summed E-state index contributed by atoms with van der Waals surface area (Å²) in [4.78, 5) is 3.78. The summed E-state index contributed by atoms with van der Waals surface area (Å²) in [5.74, 6) is 0. The standard InChI is InChI=1S/C5H5N.C4H8S2/c1-2-4-6-5-3-1;1-2-3-4(5)6/h1-5H;2-3H2,1H3,(H,5,6). The summed E-state index contributed by atoms with van der Waals surface area (Å²) >= 11 is 8.57.